The molecule has 2 atom stereocenters. The minimum Gasteiger partial charge on any atom is -0.381 e. The van der Waals surface area contributed by atoms with E-state index in [2.05, 4.69) is 19.3 Å². The van der Waals surface area contributed by atoms with Gasteiger partial charge in [0.2, 0.25) is 0 Å². The molecule has 15 heavy (non-hydrogen) atoms. The standard InChI is InChI=1S/C10H22N2O3/c1-4-5-8(2)6-15-9(7-14-3)10(13)12-11/h8-9H,4-7,11H2,1-3H3,(H,12,13). The van der Waals surface area contributed by atoms with E-state index in [1.165, 1.54) is 7.11 Å². The van der Waals surface area contributed by atoms with E-state index in [4.69, 9.17) is 15.3 Å². The second kappa shape index (κ2) is 8.64. The number of rotatable bonds is 8. The summed E-state index contributed by atoms with van der Waals surface area (Å²) in [5.74, 6) is 5.13. The molecule has 0 fully saturated rings. The van der Waals surface area contributed by atoms with Crippen LogP contribution in [0, 0.1) is 5.92 Å². The predicted molar refractivity (Wildman–Crippen MR) is 58.0 cm³/mol. The van der Waals surface area contributed by atoms with Gasteiger partial charge in [-0.2, -0.15) is 0 Å². The van der Waals surface area contributed by atoms with Crippen LogP contribution >= 0.6 is 0 Å². The Morgan fingerprint density at radius 2 is 2.13 bits per heavy atom. The van der Waals surface area contributed by atoms with Crippen molar-refractivity contribution in [1.29, 1.82) is 0 Å². The van der Waals surface area contributed by atoms with Crippen molar-refractivity contribution in [2.24, 2.45) is 11.8 Å². The topological polar surface area (TPSA) is 73.6 Å². The van der Waals surface area contributed by atoms with Crippen LogP contribution in [0.1, 0.15) is 26.7 Å². The van der Waals surface area contributed by atoms with Gasteiger partial charge in [0.1, 0.15) is 0 Å². The molecule has 0 bridgehead atoms. The molecule has 5 heteroatoms. The Hall–Kier alpha value is -0.650. The number of carbonyl (C=O) groups excluding carboxylic acids is 1. The Balaban J connectivity index is 3.89. The van der Waals surface area contributed by atoms with Gasteiger partial charge in [-0.15, -0.1) is 0 Å². The summed E-state index contributed by atoms with van der Waals surface area (Å²) in [6.45, 7) is 4.99. The van der Waals surface area contributed by atoms with Crippen molar-refractivity contribution in [3.8, 4) is 0 Å². The molecule has 0 aliphatic carbocycles. The highest BCUT2D eigenvalue weighted by atomic mass is 16.5. The molecule has 0 aromatic carbocycles. The van der Waals surface area contributed by atoms with E-state index in [9.17, 15) is 4.79 Å². The molecule has 0 aliphatic heterocycles. The molecule has 3 N–H and O–H groups in total. The maximum absolute atomic E-state index is 11.2. The maximum Gasteiger partial charge on any atom is 0.265 e. The number of ether oxygens (including phenoxy) is 2. The number of amides is 1. The van der Waals surface area contributed by atoms with E-state index < -0.39 is 6.10 Å². The van der Waals surface area contributed by atoms with E-state index in [1.54, 1.807) is 0 Å². The van der Waals surface area contributed by atoms with Crippen molar-refractivity contribution >= 4 is 5.91 Å². The van der Waals surface area contributed by atoms with Crippen LogP contribution in [-0.4, -0.2) is 32.3 Å². The summed E-state index contributed by atoms with van der Waals surface area (Å²) in [4.78, 5) is 11.2. The van der Waals surface area contributed by atoms with Gasteiger partial charge in [0, 0.05) is 7.11 Å². The largest absolute Gasteiger partial charge is 0.381 e. The first kappa shape index (κ1) is 14.3. The third kappa shape index (κ3) is 6.43. The molecule has 0 saturated heterocycles. The number of nitrogens with one attached hydrogen (secondary N) is 1. The van der Waals surface area contributed by atoms with Gasteiger partial charge in [0.25, 0.3) is 5.91 Å². The number of hydrazine groups is 1. The molecule has 0 saturated carbocycles. The molecule has 0 rings (SSSR count). The summed E-state index contributed by atoms with van der Waals surface area (Å²) in [6.07, 6.45) is 1.59. The highest BCUT2D eigenvalue weighted by Gasteiger charge is 2.18. The molecular weight excluding hydrogens is 196 g/mol. The van der Waals surface area contributed by atoms with Crippen LogP contribution in [0.5, 0.6) is 0 Å². The minimum absolute atomic E-state index is 0.224. The third-order valence-electron chi connectivity index (χ3n) is 2.12. The average Bonchev–Trinajstić information content (AvgIpc) is 2.23. The van der Waals surface area contributed by atoms with Crippen molar-refractivity contribution < 1.29 is 14.3 Å². The Labute approximate surface area is 91.3 Å². The quantitative estimate of drug-likeness (QED) is 0.352. The predicted octanol–water partition coefficient (Wildman–Crippen LogP) is 0.444. The minimum atomic E-state index is -0.612. The van der Waals surface area contributed by atoms with Gasteiger partial charge in [-0.25, -0.2) is 5.84 Å². The molecule has 0 heterocycles. The fourth-order valence-corrected chi connectivity index (χ4v) is 1.30. The van der Waals surface area contributed by atoms with Crippen molar-refractivity contribution in [3.05, 3.63) is 0 Å². The highest BCUT2D eigenvalue weighted by Crippen LogP contribution is 2.07. The van der Waals surface area contributed by atoms with Crippen molar-refractivity contribution in [1.82, 2.24) is 5.43 Å². The van der Waals surface area contributed by atoms with Gasteiger partial charge in [0.05, 0.1) is 13.2 Å². The van der Waals surface area contributed by atoms with Crippen molar-refractivity contribution in [2.75, 3.05) is 20.3 Å². The van der Waals surface area contributed by atoms with Crippen LogP contribution in [0.15, 0.2) is 0 Å². The van der Waals surface area contributed by atoms with Crippen LogP contribution < -0.4 is 11.3 Å². The van der Waals surface area contributed by atoms with Gasteiger partial charge in [-0.05, 0) is 12.3 Å². The third-order valence-corrected chi connectivity index (χ3v) is 2.12. The molecule has 0 aromatic heterocycles. The van der Waals surface area contributed by atoms with E-state index in [0.717, 1.165) is 12.8 Å². The van der Waals surface area contributed by atoms with E-state index in [0.29, 0.717) is 12.5 Å². The molecule has 1 amide bonds. The second-order valence-corrected chi connectivity index (χ2v) is 3.68. The first-order valence-corrected chi connectivity index (χ1v) is 5.26. The Morgan fingerprint density at radius 3 is 2.60 bits per heavy atom. The summed E-state index contributed by atoms with van der Waals surface area (Å²) in [5.41, 5.74) is 2.06. The van der Waals surface area contributed by atoms with Crippen LogP contribution in [0.4, 0.5) is 0 Å². The van der Waals surface area contributed by atoms with E-state index >= 15 is 0 Å². The van der Waals surface area contributed by atoms with Crippen LogP contribution in [-0.2, 0) is 14.3 Å². The van der Waals surface area contributed by atoms with E-state index in [-0.39, 0.29) is 12.5 Å². The van der Waals surface area contributed by atoms with Gasteiger partial charge in [0.15, 0.2) is 6.10 Å². The normalized spacial score (nSPS) is 14.7. The zero-order chi connectivity index (χ0) is 11.7. The van der Waals surface area contributed by atoms with Gasteiger partial charge in [-0.1, -0.05) is 20.3 Å². The molecule has 0 aromatic rings. The summed E-state index contributed by atoms with van der Waals surface area (Å²) in [7, 11) is 1.52. The number of carbonyl (C=O) groups is 1. The van der Waals surface area contributed by atoms with Crippen molar-refractivity contribution in [2.45, 2.75) is 32.8 Å². The lowest BCUT2D eigenvalue weighted by atomic mass is 10.1. The lowest BCUT2D eigenvalue weighted by Crippen LogP contribution is -2.43. The SMILES string of the molecule is CCCC(C)COC(COC)C(=O)NN. The average molecular weight is 218 g/mol. The molecule has 0 radical (unpaired) electrons. The summed E-state index contributed by atoms with van der Waals surface area (Å²) < 4.78 is 10.3. The maximum atomic E-state index is 11.2. The number of nitrogens with two attached hydrogens (primary N) is 1. The van der Waals surface area contributed by atoms with Gasteiger partial charge >= 0.3 is 0 Å². The molecule has 0 spiro atoms. The Bertz CT molecular complexity index is 176. The summed E-state index contributed by atoms with van der Waals surface area (Å²) in [5, 5.41) is 0. The van der Waals surface area contributed by atoms with Crippen LogP contribution in [0.2, 0.25) is 0 Å². The number of methoxy groups -OCH3 is 1. The fraction of sp³-hybridized carbons (Fsp3) is 0.900. The molecule has 0 aliphatic rings. The molecule has 5 nitrogen and oxygen atoms in total. The van der Waals surface area contributed by atoms with Crippen LogP contribution in [0.25, 0.3) is 0 Å². The number of hydrogen-bond acceptors (Lipinski definition) is 4. The van der Waals surface area contributed by atoms with Gasteiger partial charge < -0.3 is 9.47 Å². The second-order valence-electron chi connectivity index (χ2n) is 3.68. The Kier molecular flexibility index (Phi) is 8.27. The smallest absolute Gasteiger partial charge is 0.265 e. The lowest BCUT2D eigenvalue weighted by Gasteiger charge is -2.18. The van der Waals surface area contributed by atoms with Gasteiger partial charge in [-0.3, -0.25) is 10.2 Å². The van der Waals surface area contributed by atoms with Crippen LogP contribution in [0.3, 0.4) is 0 Å². The zero-order valence-electron chi connectivity index (χ0n) is 9.79. The summed E-state index contributed by atoms with van der Waals surface area (Å²) >= 11 is 0. The highest BCUT2D eigenvalue weighted by molar-refractivity contribution is 5.80. The first-order chi connectivity index (χ1) is 7.15. The number of hydrogen-bond donors (Lipinski definition) is 2. The van der Waals surface area contributed by atoms with E-state index in [1.807, 2.05) is 0 Å². The lowest BCUT2D eigenvalue weighted by molar-refractivity contribution is -0.137. The monoisotopic (exact) mass is 218 g/mol. The molecular formula is C10H22N2O3. The zero-order valence-corrected chi connectivity index (χ0v) is 9.79. The Morgan fingerprint density at radius 1 is 1.47 bits per heavy atom. The molecule has 90 valence electrons. The van der Waals surface area contributed by atoms with Crippen molar-refractivity contribution in [3.63, 3.8) is 0 Å². The fourth-order valence-electron chi connectivity index (χ4n) is 1.30. The molecule has 2 unspecified atom stereocenters. The summed E-state index contributed by atoms with van der Waals surface area (Å²) in [6, 6.07) is 0. The first-order valence-electron chi connectivity index (χ1n) is 5.26.